The van der Waals surface area contributed by atoms with E-state index in [-0.39, 0.29) is 17.9 Å². The summed E-state index contributed by atoms with van der Waals surface area (Å²) < 4.78 is 0. The average molecular weight is 649 g/mol. The lowest BCUT2D eigenvalue weighted by molar-refractivity contribution is -0.0176. The third-order valence-electron chi connectivity index (χ3n) is 9.86. The number of carbonyl (C=O) groups is 1. The van der Waals surface area contributed by atoms with E-state index >= 15 is 0 Å². The normalized spacial score (nSPS) is 22.2. The highest BCUT2D eigenvalue weighted by Gasteiger charge is 2.37. The molecule has 3 aromatic rings. The Morgan fingerprint density at radius 3 is 2.55 bits per heavy atom. The van der Waals surface area contributed by atoms with Crippen LogP contribution in [0.3, 0.4) is 0 Å². The Balaban J connectivity index is 1.03. The SMILES string of the molecule is CCC1C=C(Nc2ccc(C(=O)N3CCCC(c4ccccn4)C3)cc2)N=C2C(N3CCC(O)(c4ccc(Cl)cc4)CC3)=CC=CN21. The molecule has 7 rings (SSSR count). The lowest BCUT2D eigenvalue weighted by atomic mass is 9.84. The van der Waals surface area contributed by atoms with E-state index in [9.17, 15) is 9.90 Å². The molecule has 0 saturated carbocycles. The molecule has 2 atom stereocenters. The molecular formula is C38H41ClN6O2. The molecule has 5 heterocycles. The minimum Gasteiger partial charge on any atom is -0.385 e. The number of benzene rings is 2. The van der Waals surface area contributed by atoms with Crippen molar-refractivity contribution in [1.29, 1.82) is 0 Å². The second kappa shape index (κ2) is 13.4. The molecule has 2 unspecified atom stereocenters. The smallest absolute Gasteiger partial charge is 0.253 e. The van der Waals surface area contributed by atoms with Crippen molar-refractivity contribution in [3.63, 3.8) is 0 Å². The lowest BCUT2D eigenvalue weighted by Gasteiger charge is -2.43. The minimum atomic E-state index is -0.874. The summed E-state index contributed by atoms with van der Waals surface area (Å²) in [6, 6.07) is 21.4. The summed E-state index contributed by atoms with van der Waals surface area (Å²) in [6.07, 6.45) is 14.5. The largest absolute Gasteiger partial charge is 0.385 e. The van der Waals surface area contributed by atoms with Crippen molar-refractivity contribution in [2.75, 3.05) is 31.5 Å². The molecule has 2 fully saturated rings. The molecule has 2 aromatic carbocycles. The van der Waals surface area contributed by atoms with Gasteiger partial charge in [0.2, 0.25) is 0 Å². The van der Waals surface area contributed by atoms with Gasteiger partial charge in [0.05, 0.1) is 17.3 Å². The Hall–Kier alpha value is -4.40. The number of aliphatic imine (C=N–C) groups is 1. The highest BCUT2D eigenvalue weighted by atomic mass is 35.5. The number of amidine groups is 1. The van der Waals surface area contributed by atoms with Crippen molar-refractivity contribution >= 4 is 29.0 Å². The Bertz CT molecular complexity index is 1710. The number of pyridine rings is 1. The van der Waals surface area contributed by atoms with Crippen LogP contribution >= 0.6 is 11.6 Å². The third-order valence-corrected chi connectivity index (χ3v) is 10.1. The Morgan fingerprint density at radius 2 is 1.83 bits per heavy atom. The van der Waals surface area contributed by atoms with Gasteiger partial charge >= 0.3 is 0 Å². The molecule has 0 bridgehead atoms. The topological polar surface area (TPSA) is 84.3 Å². The Morgan fingerprint density at radius 1 is 1.04 bits per heavy atom. The molecule has 1 aromatic heterocycles. The summed E-state index contributed by atoms with van der Waals surface area (Å²) in [6.45, 7) is 5.06. The van der Waals surface area contributed by atoms with Crippen molar-refractivity contribution < 1.29 is 9.90 Å². The van der Waals surface area contributed by atoms with E-state index in [0.717, 1.165) is 60.1 Å². The van der Waals surface area contributed by atoms with Crippen LogP contribution in [0.1, 0.15) is 66.6 Å². The first-order valence-electron chi connectivity index (χ1n) is 16.7. The molecule has 47 heavy (non-hydrogen) atoms. The van der Waals surface area contributed by atoms with Crippen LogP contribution < -0.4 is 5.32 Å². The number of allylic oxidation sites excluding steroid dienone is 2. The van der Waals surface area contributed by atoms with Crippen LogP contribution in [0.2, 0.25) is 5.02 Å². The molecule has 1 amide bonds. The van der Waals surface area contributed by atoms with Crippen LogP contribution in [0.5, 0.6) is 0 Å². The monoisotopic (exact) mass is 648 g/mol. The standard InChI is InChI=1S/C38H41ClN6O2/c1-2-32-25-35(41-31-16-10-27(11-17-31)37(46)44-21-5-7-28(26-44)33-8-3-4-20-40-33)42-36-34(9-6-22-45(32)36)43-23-18-38(47,19-24-43)29-12-14-30(39)15-13-29/h3-4,6,8-17,20,22,25,28,32,41,47H,2,5,7,18-19,21,23-24,26H2,1H3. The number of anilines is 1. The average Bonchev–Trinajstić information content (AvgIpc) is 3.12. The second-order valence-electron chi connectivity index (χ2n) is 12.8. The summed E-state index contributed by atoms with van der Waals surface area (Å²) in [5.41, 5.74) is 3.72. The fraction of sp³-hybridized carbons (Fsp3) is 0.342. The number of aliphatic hydroxyl groups is 1. The minimum absolute atomic E-state index is 0.0595. The molecule has 2 saturated heterocycles. The van der Waals surface area contributed by atoms with Crippen molar-refractivity contribution in [3.8, 4) is 0 Å². The van der Waals surface area contributed by atoms with Crippen molar-refractivity contribution in [2.45, 2.75) is 56.6 Å². The van der Waals surface area contributed by atoms with Gasteiger partial charge in [0, 0.05) is 66.5 Å². The van der Waals surface area contributed by atoms with Crippen molar-refractivity contribution in [3.05, 3.63) is 131 Å². The number of carbonyl (C=O) groups excluding carboxylic acids is 1. The van der Waals surface area contributed by atoms with Gasteiger partial charge in [-0.1, -0.05) is 36.7 Å². The molecule has 4 aliphatic rings. The quantitative estimate of drug-likeness (QED) is 0.290. The number of fused-ring (bicyclic) bond motifs is 1. The fourth-order valence-electron chi connectivity index (χ4n) is 7.15. The first-order valence-corrected chi connectivity index (χ1v) is 17.1. The Labute approximate surface area is 281 Å². The zero-order valence-electron chi connectivity index (χ0n) is 26.7. The summed E-state index contributed by atoms with van der Waals surface area (Å²) in [5, 5.41) is 15.6. The molecular weight excluding hydrogens is 608 g/mol. The molecule has 242 valence electrons. The summed E-state index contributed by atoms with van der Waals surface area (Å²) >= 11 is 6.09. The maximum absolute atomic E-state index is 13.4. The van der Waals surface area contributed by atoms with Gasteiger partial charge in [0.25, 0.3) is 5.91 Å². The van der Waals surface area contributed by atoms with Gasteiger partial charge in [-0.05, 0) is 104 Å². The van der Waals surface area contributed by atoms with E-state index in [1.54, 1.807) is 0 Å². The maximum Gasteiger partial charge on any atom is 0.253 e. The highest BCUT2D eigenvalue weighted by molar-refractivity contribution is 6.30. The van der Waals surface area contributed by atoms with Gasteiger partial charge in [-0.15, -0.1) is 0 Å². The van der Waals surface area contributed by atoms with E-state index in [1.165, 1.54) is 0 Å². The van der Waals surface area contributed by atoms with Gasteiger partial charge in [-0.25, -0.2) is 4.99 Å². The predicted molar refractivity (Wildman–Crippen MR) is 187 cm³/mol. The number of halogens is 1. The first kappa shape index (κ1) is 31.2. The van der Waals surface area contributed by atoms with Crippen molar-refractivity contribution in [1.82, 2.24) is 19.7 Å². The zero-order valence-corrected chi connectivity index (χ0v) is 27.5. The van der Waals surface area contributed by atoms with Crippen LogP contribution in [0.15, 0.2) is 114 Å². The summed E-state index contributed by atoms with van der Waals surface area (Å²) in [4.78, 5) is 29.6. The number of aromatic nitrogens is 1. The number of hydrogen-bond donors (Lipinski definition) is 2. The molecule has 0 spiro atoms. The van der Waals surface area contributed by atoms with E-state index in [0.29, 0.717) is 43.1 Å². The molecule has 0 radical (unpaired) electrons. The maximum atomic E-state index is 13.4. The van der Waals surface area contributed by atoms with Gasteiger partial charge in [0.15, 0.2) is 5.84 Å². The van der Waals surface area contributed by atoms with E-state index in [4.69, 9.17) is 16.6 Å². The van der Waals surface area contributed by atoms with E-state index in [2.05, 4.69) is 57.5 Å². The molecule has 8 nitrogen and oxygen atoms in total. The van der Waals surface area contributed by atoms with Crippen LogP contribution in [-0.4, -0.2) is 68.8 Å². The number of likely N-dealkylation sites (tertiary alicyclic amines) is 2. The number of hydrogen-bond acceptors (Lipinski definition) is 7. The van der Waals surface area contributed by atoms with E-state index in [1.807, 2.05) is 71.8 Å². The third kappa shape index (κ3) is 6.58. The molecule has 9 heteroatoms. The number of nitrogens with one attached hydrogen (secondary N) is 1. The number of nitrogens with zero attached hydrogens (tertiary/aromatic N) is 5. The number of rotatable bonds is 7. The lowest BCUT2D eigenvalue weighted by Crippen LogP contribution is -2.48. The highest BCUT2D eigenvalue weighted by Crippen LogP contribution is 2.36. The van der Waals surface area contributed by atoms with Crippen LogP contribution in [0, 0.1) is 0 Å². The molecule has 4 aliphatic heterocycles. The fourth-order valence-corrected chi connectivity index (χ4v) is 7.27. The predicted octanol–water partition coefficient (Wildman–Crippen LogP) is 6.90. The number of amides is 1. The van der Waals surface area contributed by atoms with Crippen LogP contribution in [0.4, 0.5) is 5.69 Å². The van der Waals surface area contributed by atoms with E-state index < -0.39 is 5.60 Å². The van der Waals surface area contributed by atoms with Crippen LogP contribution in [0.25, 0.3) is 0 Å². The Kier molecular flexibility index (Phi) is 8.88. The van der Waals surface area contributed by atoms with Gasteiger partial charge in [0.1, 0.15) is 5.82 Å². The summed E-state index contributed by atoms with van der Waals surface area (Å²) in [7, 11) is 0. The number of piperidine rings is 2. The van der Waals surface area contributed by atoms with Gasteiger partial charge < -0.3 is 25.1 Å². The molecule has 0 aliphatic carbocycles. The summed E-state index contributed by atoms with van der Waals surface area (Å²) in [5.74, 6) is 2.02. The second-order valence-corrected chi connectivity index (χ2v) is 13.3. The molecule has 2 N–H and O–H groups in total. The van der Waals surface area contributed by atoms with Crippen LogP contribution in [-0.2, 0) is 5.60 Å². The van der Waals surface area contributed by atoms with Gasteiger partial charge in [-0.3, -0.25) is 9.78 Å². The zero-order chi connectivity index (χ0) is 32.4. The van der Waals surface area contributed by atoms with Crippen molar-refractivity contribution in [2.24, 2.45) is 4.99 Å². The van der Waals surface area contributed by atoms with Gasteiger partial charge in [-0.2, -0.15) is 0 Å². The first-order chi connectivity index (χ1) is 22.9.